The summed E-state index contributed by atoms with van der Waals surface area (Å²) in [5, 5.41) is 9.19. The van der Waals surface area contributed by atoms with Gasteiger partial charge in [0.25, 0.3) is 0 Å². The molecule has 1 rings (SSSR count). The minimum absolute atomic E-state index is 0.0661. The molecule has 0 aliphatic carbocycles. The molecule has 0 radical (unpaired) electrons. The van der Waals surface area contributed by atoms with Gasteiger partial charge in [0.2, 0.25) is 5.91 Å². The summed E-state index contributed by atoms with van der Waals surface area (Å²) in [6, 6.07) is 0.293. The van der Waals surface area contributed by atoms with Crippen LogP contribution in [0.2, 0.25) is 0 Å². The van der Waals surface area contributed by atoms with Gasteiger partial charge in [0.05, 0.1) is 12.6 Å². The van der Waals surface area contributed by atoms with Crippen LogP contribution in [-0.2, 0) is 4.79 Å². The normalized spacial score (nSPS) is 20.8. The number of rotatable bonds is 4. The molecule has 0 spiro atoms. The lowest BCUT2D eigenvalue weighted by Crippen LogP contribution is -2.45. The van der Waals surface area contributed by atoms with E-state index in [9.17, 15) is 9.90 Å². The molecule has 0 aromatic heterocycles. The summed E-state index contributed by atoms with van der Waals surface area (Å²) < 4.78 is 0. The highest BCUT2D eigenvalue weighted by Crippen LogP contribution is 2.08. The molecule has 16 heavy (non-hydrogen) atoms. The zero-order chi connectivity index (χ0) is 12.1. The summed E-state index contributed by atoms with van der Waals surface area (Å²) in [6.07, 6.45) is 1.46. The van der Waals surface area contributed by atoms with E-state index in [1.807, 2.05) is 0 Å². The van der Waals surface area contributed by atoms with Crippen LogP contribution in [0.5, 0.6) is 0 Å². The number of hydrogen-bond acceptors (Lipinski definition) is 4. The van der Waals surface area contributed by atoms with Crippen molar-refractivity contribution in [1.29, 1.82) is 0 Å². The molecule has 1 aliphatic rings. The van der Waals surface area contributed by atoms with Crippen molar-refractivity contribution in [2.75, 3.05) is 33.2 Å². The number of nitrogens with two attached hydrogens (primary N) is 1. The monoisotopic (exact) mass is 229 g/mol. The maximum atomic E-state index is 11.8. The molecule has 94 valence electrons. The number of piperidine rings is 1. The molecule has 1 heterocycles. The summed E-state index contributed by atoms with van der Waals surface area (Å²) in [5.74, 6) is 0.0661. The van der Waals surface area contributed by atoms with Crippen LogP contribution in [0.15, 0.2) is 0 Å². The van der Waals surface area contributed by atoms with Crippen LogP contribution in [0, 0.1) is 0 Å². The fourth-order valence-electron chi connectivity index (χ4n) is 1.92. The Labute approximate surface area is 97.2 Å². The third kappa shape index (κ3) is 4.47. The summed E-state index contributed by atoms with van der Waals surface area (Å²) in [4.78, 5) is 15.5. The van der Waals surface area contributed by atoms with E-state index in [1.54, 1.807) is 18.9 Å². The predicted octanol–water partition coefficient (Wildman–Crippen LogP) is -0.751. The van der Waals surface area contributed by atoms with Gasteiger partial charge in [-0.15, -0.1) is 0 Å². The quantitative estimate of drug-likeness (QED) is 0.665. The van der Waals surface area contributed by atoms with Gasteiger partial charge in [-0.2, -0.15) is 0 Å². The molecule has 1 amide bonds. The molecule has 0 aromatic carbocycles. The number of carbonyl (C=O) groups is 1. The first-order valence-corrected chi connectivity index (χ1v) is 5.89. The van der Waals surface area contributed by atoms with Gasteiger partial charge in [0.1, 0.15) is 0 Å². The topological polar surface area (TPSA) is 69.8 Å². The Hall–Kier alpha value is -0.650. The van der Waals surface area contributed by atoms with Crippen LogP contribution in [-0.4, -0.2) is 66.2 Å². The van der Waals surface area contributed by atoms with Gasteiger partial charge in [-0.3, -0.25) is 9.69 Å². The van der Waals surface area contributed by atoms with Crippen molar-refractivity contribution in [2.45, 2.75) is 31.9 Å². The Kier molecular flexibility index (Phi) is 5.18. The molecule has 1 aliphatic heterocycles. The van der Waals surface area contributed by atoms with Gasteiger partial charge < -0.3 is 15.7 Å². The molecular weight excluding hydrogens is 206 g/mol. The fourth-order valence-corrected chi connectivity index (χ4v) is 1.92. The van der Waals surface area contributed by atoms with E-state index in [-0.39, 0.29) is 5.91 Å². The van der Waals surface area contributed by atoms with Crippen LogP contribution in [0.4, 0.5) is 0 Å². The molecule has 1 fully saturated rings. The van der Waals surface area contributed by atoms with Crippen molar-refractivity contribution < 1.29 is 9.90 Å². The number of hydrogen-bond donors (Lipinski definition) is 2. The number of aliphatic hydroxyl groups excluding tert-OH is 1. The Balaban J connectivity index is 2.28. The molecule has 1 unspecified atom stereocenters. The number of nitrogens with zero attached hydrogens (tertiary/aromatic N) is 2. The van der Waals surface area contributed by atoms with Crippen LogP contribution in [0.3, 0.4) is 0 Å². The molecule has 3 N–H and O–H groups in total. The Morgan fingerprint density at radius 2 is 2.12 bits per heavy atom. The largest absolute Gasteiger partial charge is 0.392 e. The average Bonchev–Trinajstić information content (AvgIpc) is 2.20. The maximum Gasteiger partial charge on any atom is 0.236 e. The third-order valence-electron chi connectivity index (χ3n) is 2.95. The summed E-state index contributed by atoms with van der Waals surface area (Å²) >= 11 is 0. The van der Waals surface area contributed by atoms with Gasteiger partial charge in [0.15, 0.2) is 0 Å². The first-order valence-electron chi connectivity index (χ1n) is 5.89. The van der Waals surface area contributed by atoms with Crippen LogP contribution in [0.1, 0.15) is 19.8 Å². The second-order valence-electron chi connectivity index (χ2n) is 4.74. The number of aliphatic hydroxyl groups is 1. The minimum Gasteiger partial charge on any atom is -0.392 e. The fraction of sp³-hybridized carbons (Fsp3) is 0.909. The van der Waals surface area contributed by atoms with E-state index in [0.29, 0.717) is 19.1 Å². The van der Waals surface area contributed by atoms with Crippen molar-refractivity contribution in [2.24, 2.45) is 5.73 Å². The molecule has 1 saturated heterocycles. The molecular formula is C11H23N3O2. The second-order valence-corrected chi connectivity index (χ2v) is 4.74. The van der Waals surface area contributed by atoms with E-state index in [2.05, 4.69) is 4.90 Å². The number of likely N-dealkylation sites (tertiary alicyclic amines) is 1. The standard InChI is InChI=1S/C11H23N3O2/c1-9(15)7-13(2)11(16)8-14-5-3-10(12)4-6-14/h9-10,15H,3-8,12H2,1-2H3. The van der Waals surface area contributed by atoms with Crippen molar-refractivity contribution in [3.8, 4) is 0 Å². The van der Waals surface area contributed by atoms with Gasteiger partial charge in [-0.1, -0.05) is 0 Å². The molecule has 5 heteroatoms. The van der Waals surface area contributed by atoms with Crippen molar-refractivity contribution in [3.63, 3.8) is 0 Å². The van der Waals surface area contributed by atoms with E-state index in [1.165, 1.54) is 0 Å². The van der Waals surface area contributed by atoms with E-state index < -0.39 is 6.10 Å². The Morgan fingerprint density at radius 3 is 2.62 bits per heavy atom. The van der Waals surface area contributed by atoms with Crippen LogP contribution in [0.25, 0.3) is 0 Å². The highest BCUT2D eigenvalue weighted by Gasteiger charge is 2.20. The van der Waals surface area contributed by atoms with Crippen molar-refractivity contribution in [1.82, 2.24) is 9.80 Å². The first-order chi connectivity index (χ1) is 7.49. The maximum absolute atomic E-state index is 11.8. The van der Waals surface area contributed by atoms with Crippen LogP contribution < -0.4 is 5.73 Å². The predicted molar refractivity (Wildman–Crippen MR) is 63.0 cm³/mol. The van der Waals surface area contributed by atoms with Crippen molar-refractivity contribution >= 4 is 5.91 Å². The second kappa shape index (κ2) is 6.18. The average molecular weight is 229 g/mol. The highest BCUT2D eigenvalue weighted by molar-refractivity contribution is 5.78. The van der Waals surface area contributed by atoms with E-state index in [4.69, 9.17) is 5.73 Å². The zero-order valence-corrected chi connectivity index (χ0v) is 10.2. The molecule has 0 bridgehead atoms. The molecule has 5 nitrogen and oxygen atoms in total. The lowest BCUT2D eigenvalue weighted by molar-refractivity contribution is -0.132. The van der Waals surface area contributed by atoms with Gasteiger partial charge >= 0.3 is 0 Å². The highest BCUT2D eigenvalue weighted by atomic mass is 16.3. The molecule has 0 aromatic rings. The van der Waals surface area contributed by atoms with Crippen LogP contribution >= 0.6 is 0 Å². The molecule has 0 saturated carbocycles. The van der Waals surface area contributed by atoms with E-state index >= 15 is 0 Å². The third-order valence-corrected chi connectivity index (χ3v) is 2.95. The number of likely N-dealkylation sites (N-methyl/N-ethyl adjacent to an activating group) is 1. The van der Waals surface area contributed by atoms with E-state index in [0.717, 1.165) is 25.9 Å². The van der Waals surface area contributed by atoms with Crippen molar-refractivity contribution in [3.05, 3.63) is 0 Å². The first kappa shape index (κ1) is 13.4. The van der Waals surface area contributed by atoms with Gasteiger partial charge in [-0.05, 0) is 19.8 Å². The summed E-state index contributed by atoms with van der Waals surface area (Å²) in [7, 11) is 1.73. The SMILES string of the molecule is CC(O)CN(C)C(=O)CN1CCC(N)CC1. The molecule has 1 atom stereocenters. The summed E-state index contributed by atoms with van der Waals surface area (Å²) in [5.41, 5.74) is 5.80. The van der Waals surface area contributed by atoms with Gasteiger partial charge in [-0.25, -0.2) is 0 Å². The smallest absolute Gasteiger partial charge is 0.236 e. The zero-order valence-electron chi connectivity index (χ0n) is 10.2. The van der Waals surface area contributed by atoms with Gasteiger partial charge in [0, 0.05) is 32.7 Å². The lowest BCUT2D eigenvalue weighted by atomic mass is 10.1. The lowest BCUT2D eigenvalue weighted by Gasteiger charge is -2.31. The number of carbonyl (C=O) groups excluding carboxylic acids is 1. The Morgan fingerprint density at radius 1 is 1.56 bits per heavy atom. The minimum atomic E-state index is -0.469. The summed E-state index contributed by atoms with van der Waals surface area (Å²) in [6.45, 7) is 4.32. The number of amides is 1. The Bertz CT molecular complexity index is 225.